The molecule has 0 fully saturated rings. The minimum Gasteiger partial charge on any atom is -0.390 e. The molecule has 58 valence electrons. The summed E-state index contributed by atoms with van der Waals surface area (Å²) in [6.45, 7) is 7.36. The van der Waals surface area contributed by atoms with Gasteiger partial charge < -0.3 is 10.6 Å². The van der Waals surface area contributed by atoms with E-state index in [2.05, 4.69) is 18.5 Å². The lowest BCUT2D eigenvalue weighted by atomic mass is 10.4. The summed E-state index contributed by atoms with van der Waals surface area (Å²) in [6.07, 6.45) is 4.19. The third-order valence-corrected chi connectivity index (χ3v) is 1.14. The van der Waals surface area contributed by atoms with Gasteiger partial charge in [0, 0.05) is 6.54 Å². The minimum atomic E-state index is 0.619. The molecule has 0 rings (SSSR count). The van der Waals surface area contributed by atoms with Crippen LogP contribution in [0, 0.1) is 0 Å². The van der Waals surface area contributed by atoms with Crippen LogP contribution in [0.4, 0.5) is 0 Å². The van der Waals surface area contributed by atoms with Crippen LogP contribution in [0.1, 0.15) is 13.3 Å². The number of rotatable bonds is 5. The summed E-state index contributed by atoms with van der Waals surface area (Å²) >= 11 is 0. The lowest BCUT2D eigenvalue weighted by Crippen LogP contribution is -2.18. The Bertz CT molecular complexity index is 109. The van der Waals surface area contributed by atoms with Gasteiger partial charge >= 0.3 is 0 Å². The van der Waals surface area contributed by atoms with Crippen LogP contribution in [0.3, 0.4) is 0 Å². The van der Waals surface area contributed by atoms with Crippen molar-refractivity contribution in [2.24, 2.45) is 10.7 Å². The Morgan fingerprint density at radius 1 is 1.70 bits per heavy atom. The van der Waals surface area contributed by atoms with Gasteiger partial charge in [0.25, 0.3) is 0 Å². The Morgan fingerprint density at radius 3 is 2.80 bits per heavy atom. The topological polar surface area (TPSA) is 41.6 Å². The van der Waals surface area contributed by atoms with E-state index in [-0.39, 0.29) is 0 Å². The van der Waals surface area contributed by atoms with Crippen molar-refractivity contribution in [2.75, 3.05) is 13.2 Å². The van der Waals surface area contributed by atoms with Crippen molar-refractivity contribution in [1.82, 2.24) is 4.90 Å². The van der Waals surface area contributed by atoms with Crippen LogP contribution in [0.5, 0.6) is 0 Å². The summed E-state index contributed by atoms with van der Waals surface area (Å²) in [6, 6.07) is 0. The van der Waals surface area contributed by atoms with Crippen LogP contribution in [-0.4, -0.2) is 24.5 Å². The maximum atomic E-state index is 5.08. The molecule has 0 atom stereocenters. The van der Waals surface area contributed by atoms with E-state index in [1.807, 2.05) is 4.90 Å². The normalized spacial score (nSPS) is 10.1. The molecule has 0 aromatic rings. The van der Waals surface area contributed by atoms with E-state index in [4.69, 9.17) is 5.73 Å². The first kappa shape index (κ1) is 9.01. The summed E-state index contributed by atoms with van der Waals surface area (Å²) in [7, 11) is 0. The first-order valence-electron chi connectivity index (χ1n) is 3.41. The molecule has 0 radical (unpaired) electrons. The highest BCUT2D eigenvalue weighted by Crippen LogP contribution is 1.90. The molecule has 3 nitrogen and oxygen atoms in total. The molecular formula is C7H15N3. The van der Waals surface area contributed by atoms with Crippen molar-refractivity contribution in [3.05, 3.63) is 12.8 Å². The Labute approximate surface area is 62.2 Å². The zero-order valence-electron chi connectivity index (χ0n) is 6.45. The van der Waals surface area contributed by atoms with E-state index in [0.29, 0.717) is 6.67 Å². The Balaban J connectivity index is 3.49. The van der Waals surface area contributed by atoms with Crippen LogP contribution >= 0.6 is 0 Å². The van der Waals surface area contributed by atoms with Gasteiger partial charge in [-0.15, -0.1) is 0 Å². The fourth-order valence-electron chi connectivity index (χ4n) is 0.659. The van der Waals surface area contributed by atoms with Crippen molar-refractivity contribution in [2.45, 2.75) is 13.3 Å². The van der Waals surface area contributed by atoms with E-state index in [1.54, 1.807) is 6.20 Å². The molecule has 10 heavy (non-hydrogen) atoms. The van der Waals surface area contributed by atoms with E-state index in [1.165, 1.54) is 6.34 Å². The summed E-state index contributed by atoms with van der Waals surface area (Å²) in [5, 5.41) is 0. The van der Waals surface area contributed by atoms with Gasteiger partial charge in [-0.2, -0.15) is 0 Å². The van der Waals surface area contributed by atoms with Gasteiger partial charge in [-0.3, -0.25) is 4.99 Å². The van der Waals surface area contributed by atoms with E-state index in [0.717, 1.165) is 13.0 Å². The highest BCUT2D eigenvalue weighted by Gasteiger charge is 1.91. The zero-order chi connectivity index (χ0) is 7.82. The van der Waals surface area contributed by atoms with Gasteiger partial charge in [0.05, 0.1) is 6.34 Å². The highest BCUT2D eigenvalue weighted by atomic mass is 15.2. The van der Waals surface area contributed by atoms with Gasteiger partial charge in [0.15, 0.2) is 0 Å². The van der Waals surface area contributed by atoms with Gasteiger partial charge in [-0.05, 0) is 12.6 Å². The number of hydrogen-bond acceptors (Lipinski definition) is 2. The second-order valence-corrected chi connectivity index (χ2v) is 1.97. The Kier molecular flexibility index (Phi) is 5.53. The van der Waals surface area contributed by atoms with Crippen LogP contribution in [0.25, 0.3) is 0 Å². The molecule has 0 heterocycles. The third-order valence-electron chi connectivity index (χ3n) is 1.14. The van der Waals surface area contributed by atoms with E-state index < -0.39 is 0 Å². The fraction of sp³-hybridized carbons (Fsp3) is 0.571. The predicted molar refractivity (Wildman–Crippen MR) is 44.7 cm³/mol. The summed E-state index contributed by atoms with van der Waals surface area (Å²) < 4.78 is 0. The molecule has 0 aliphatic rings. The quantitative estimate of drug-likeness (QED) is 0.454. The standard InChI is InChI=1S/C7H15N3/c1-3-5-10(4-2)7-9-6-8/h4,6H,2-3,5,7H2,1H3,(H2,8,9). The molecule has 2 N–H and O–H groups in total. The van der Waals surface area contributed by atoms with Crippen molar-refractivity contribution in [1.29, 1.82) is 0 Å². The average Bonchev–Trinajstić information content (AvgIpc) is 1.98. The molecule has 0 aromatic carbocycles. The molecule has 0 aliphatic heterocycles. The smallest absolute Gasteiger partial charge is 0.111 e. The molecular weight excluding hydrogens is 126 g/mol. The number of nitrogens with zero attached hydrogens (tertiary/aromatic N) is 2. The van der Waals surface area contributed by atoms with E-state index >= 15 is 0 Å². The maximum Gasteiger partial charge on any atom is 0.111 e. The summed E-state index contributed by atoms with van der Waals surface area (Å²) in [5.41, 5.74) is 5.08. The fourth-order valence-corrected chi connectivity index (χ4v) is 0.659. The highest BCUT2D eigenvalue weighted by molar-refractivity contribution is 5.50. The molecule has 0 unspecified atom stereocenters. The molecule has 0 bridgehead atoms. The van der Waals surface area contributed by atoms with Gasteiger partial charge in [-0.25, -0.2) is 0 Å². The molecule has 0 saturated heterocycles. The van der Waals surface area contributed by atoms with Crippen molar-refractivity contribution in [3.63, 3.8) is 0 Å². The number of aliphatic imine (C=N–C) groups is 1. The lowest BCUT2D eigenvalue weighted by molar-refractivity contribution is 0.390. The average molecular weight is 141 g/mol. The van der Waals surface area contributed by atoms with Gasteiger partial charge in [-0.1, -0.05) is 13.5 Å². The molecule has 0 aromatic heterocycles. The SMILES string of the molecule is C=CN(CCC)C/N=C\N. The number of nitrogens with two attached hydrogens (primary N) is 1. The first-order valence-corrected chi connectivity index (χ1v) is 3.41. The van der Waals surface area contributed by atoms with E-state index in [9.17, 15) is 0 Å². The maximum absolute atomic E-state index is 5.08. The monoisotopic (exact) mass is 141 g/mol. The van der Waals surface area contributed by atoms with Crippen LogP contribution in [0.15, 0.2) is 17.8 Å². The Hall–Kier alpha value is -0.990. The second-order valence-electron chi connectivity index (χ2n) is 1.97. The predicted octanol–water partition coefficient (Wildman–Crippen LogP) is 0.786. The molecule has 0 amide bonds. The largest absolute Gasteiger partial charge is 0.390 e. The second kappa shape index (κ2) is 6.13. The molecule has 0 spiro atoms. The lowest BCUT2D eigenvalue weighted by Gasteiger charge is -2.14. The third kappa shape index (κ3) is 3.95. The van der Waals surface area contributed by atoms with Crippen LogP contribution in [0.2, 0.25) is 0 Å². The van der Waals surface area contributed by atoms with Crippen LogP contribution in [-0.2, 0) is 0 Å². The molecule has 0 saturated carbocycles. The van der Waals surface area contributed by atoms with Crippen molar-refractivity contribution < 1.29 is 0 Å². The van der Waals surface area contributed by atoms with Crippen molar-refractivity contribution >= 4 is 6.34 Å². The van der Waals surface area contributed by atoms with Crippen LogP contribution < -0.4 is 5.73 Å². The zero-order valence-corrected chi connectivity index (χ0v) is 6.45. The Morgan fingerprint density at radius 2 is 2.40 bits per heavy atom. The summed E-state index contributed by atoms with van der Waals surface area (Å²) in [4.78, 5) is 5.87. The summed E-state index contributed by atoms with van der Waals surface area (Å²) in [5.74, 6) is 0. The van der Waals surface area contributed by atoms with Gasteiger partial charge in [0.2, 0.25) is 0 Å². The molecule has 0 aliphatic carbocycles. The van der Waals surface area contributed by atoms with Crippen molar-refractivity contribution in [3.8, 4) is 0 Å². The minimum absolute atomic E-state index is 0.619. The number of hydrogen-bond donors (Lipinski definition) is 1. The first-order chi connectivity index (χ1) is 4.85. The molecule has 3 heteroatoms. The van der Waals surface area contributed by atoms with Gasteiger partial charge in [0.1, 0.15) is 6.67 Å².